The molecule has 0 spiro atoms. The summed E-state index contributed by atoms with van der Waals surface area (Å²) in [5.41, 5.74) is 1.31. The molecule has 100 valence electrons. The number of carbonyl (C=O) groups excluding carboxylic acids is 1. The Morgan fingerprint density at radius 3 is 3.05 bits per heavy atom. The zero-order chi connectivity index (χ0) is 13.8. The number of furan rings is 1. The Kier molecular flexibility index (Phi) is 3.56. The van der Waals surface area contributed by atoms with Crippen molar-refractivity contribution in [1.82, 2.24) is 15.3 Å². The topological polar surface area (TPSA) is 68.0 Å². The van der Waals surface area contributed by atoms with Gasteiger partial charge in [0.05, 0.1) is 12.8 Å². The zero-order valence-corrected chi connectivity index (χ0v) is 11.3. The summed E-state index contributed by atoms with van der Waals surface area (Å²) in [5, 5.41) is 5.28. The fourth-order valence-corrected chi connectivity index (χ4v) is 2.46. The largest absolute Gasteiger partial charge is 0.467 e. The summed E-state index contributed by atoms with van der Waals surface area (Å²) in [4.78, 5) is 20.3. The quantitative estimate of drug-likeness (QED) is 0.800. The lowest BCUT2D eigenvalue weighted by molar-refractivity contribution is 0.0944. The third kappa shape index (κ3) is 2.75. The van der Waals surface area contributed by atoms with Crippen molar-refractivity contribution in [2.75, 3.05) is 0 Å². The zero-order valence-electron chi connectivity index (χ0n) is 10.4. The Balaban J connectivity index is 1.69. The van der Waals surface area contributed by atoms with Crippen LogP contribution in [0.25, 0.3) is 10.6 Å². The molecule has 0 fully saturated rings. The van der Waals surface area contributed by atoms with Crippen LogP contribution in [0.2, 0.25) is 0 Å². The van der Waals surface area contributed by atoms with Gasteiger partial charge in [0, 0.05) is 23.3 Å². The van der Waals surface area contributed by atoms with Crippen molar-refractivity contribution in [1.29, 1.82) is 0 Å². The van der Waals surface area contributed by atoms with Crippen molar-refractivity contribution in [2.24, 2.45) is 0 Å². The van der Waals surface area contributed by atoms with E-state index in [1.54, 1.807) is 30.1 Å². The van der Waals surface area contributed by atoms with E-state index in [-0.39, 0.29) is 5.91 Å². The van der Waals surface area contributed by atoms with Crippen molar-refractivity contribution >= 4 is 17.2 Å². The monoisotopic (exact) mass is 285 g/mol. The molecule has 1 amide bonds. The van der Waals surface area contributed by atoms with Gasteiger partial charge in [-0.1, -0.05) is 0 Å². The van der Waals surface area contributed by atoms with Gasteiger partial charge < -0.3 is 9.73 Å². The highest BCUT2D eigenvalue weighted by Crippen LogP contribution is 2.22. The Hall–Kier alpha value is -2.47. The molecule has 0 saturated heterocycles. The summed E-state index contributed by atoms with van der Waals surface area (Å²) in [6, 6.07) is 7.34. The molecular weight excluding hydrogens is 274 g/mol. The SMILES string of the molecule is O=C(NCc1ccco1)c1csc(-c2cccnc2)n1. The highest BCUT2D eigenvalue weighted by molar-refractivity contribution is 7.13. The molecule has 0 aliphatic rings. The Morgan fingerprint density at radius 2 is 2.30 bits per heavy atom. The molecule has 3 aromatic heterocycles. The maximum absolute atomic E-state index is 12.0. The van der Waals surface area contributed by atoms with Crippen LogP contribution in [0.3, 0.4) is 0 Å². The molecule has 0 aromatic carbocycles. The molecule has 3 heterocycles. The van der Waals surface area contributed by atoms with Crippen LogP contribution in [-0.4, -0.2) is 15.9 Å². The molecule has 5 nitrogen and oxygen atoms in total. The lowest BCUT2D eigenvalue weighted by Gasteiger charge is -1.99. The van der Waals surface area contributed by atoms with Crippen LogP contribution in [0.4, 0.5) is 0 Å². The fourth-order valence-electron chi connectivity index (χ4n) is 1.67. The highest BCUT2D eigenvalue weighted by Gasteiger charge is 2.12. The number of thiazole rings is 1. The first-order valence-corrected chi connectivity index (χ1v) is 6.87. The van der Waals surface area contributed by atoms with E-state index in [2.05, 4.69) is 15.3 Å². The van der Waals surface area contributed by atoms with Gasteiger partial charge in [0.1, 0.15) is 16.5 Å². The second-order valence-electron chi connectivity index (χ2n) is 4.04. The standard InChI is InChI=1S/C14H11N3O2S/c18-13(16-8-11-4-2-6-19-11)12-9-20-14(17-12)10-3-1-5-15-7-10/h1-7,9H,8H2,(H,16,18). The number of aromatic nitrogens is 2. The molecule has 3 aromatic rings. The normalized spacial score (nSPS) is 10.4. The Bertz CT molecular complexity index is 692. The van der Waals surface area contributed by atoms with Gasteiger partial charge in [0.2, 0.25) is 0 Å². The second-order valence-corrected chi connectivity index (χ2v) is 4.90. The van der Waals surface area contributed by atoms with Gasteiger partial charge in [0.25, 0.3) is 5.91 Å². The van der Waals surface area contributed by atoms with Gasteiger partial charge >= 0.3 is 0 Å². The van der Waals surface area contributed by atoms with Crippen molar-refractivity contribution < 1.29 is 9.21 Å². The van der Waals surface area contributed by atoms with E-state index in [0.717, 1.165) is 10.6 Å². The van der Waals surface area contributed by atoms with E-state index in [9.17, 15) is 4.79 Å². The molecule has 0 aliphatic heterocycles. The number of nitrogens with one attached hydrogen (secondary N) is 1. The molecule has 0 atom stereocenters. The van der Waals surface area contributed by atoms with Crippen molar-refractivity contribution in [3.05, 3.63) is 59.8 Å². The number of pyridine rings is 1. The average molecular weight is 285 g/mol. The van der Waals surface area contributed by atoms with Crippen LogP contribution in [0.15, 0.2) is 52.7 Å². The molecule has 0 saturated carbocycles. The predicted molar refractivity (Wildman–Crippen MR) is 75.2 cm³/mol. The Labute approximate surface area is 119 Å². The van der Waals surface area contributed by atoms with Crippen LogP contribution >= 0.6 is 11.3 Å². The molecule has 0 bridgehead atoms. The van der Waals surface area contributed by atoms with Crippen LogP contribution in [-0.2, 0) is 6.54 Å². The fraction of sp³-hybridized carbons (Fsp3) is 0.0714. The summed E-state index contributed by atoms with van der Waals surface area (Å²) in [7, 11) is 0. The Morgan fingerprint density at radius 1 is 1.35 bits per heavy atom. The van der Waals surface area contributed by atoms with Crippen LogP contribution < -0.4 is 5.32 Å². The molecule has 3 rings (SSSR count). The van der Waals surface area contributed by atoms with Crippen LogP contribution in [0, 0.1) is 0 Å². The van der Waals surface area contributed by atoms with Gasteiger partial charge in [-0.2, -0.15) is 0 Å². The van der Waals surface area contributed by atoms with Gasteiger partial charge in [-0.3, -0.25) is 9.78 Å². The second kappa shape index (κ2) is 5.66. The summed E-state index contributed by atoms with van der Waals surface area (Å²) in [6.07, 6.45) is 5.00. The molecule has 1 N–H and O–H groups in total. The lowest BCUT2D eigenvalue weighted by atomic mass is 10.3. The van der Waals surface area contributed by atoms with Crippen LogP contribution in [0.1, 0.15) is 16.2 Å². The van der Waals surface area contributed by atoms with Gasteiger partial charge in [-0.05, 0) is 24.3 Å². The summed E-state index contributed by atoms with van der Waals surface area (Å²) in [5.74, 6) is 0.494. The molecule has 0 unspecified atom stereocenters. The predicted octanol–water partition coefficient (Wildman–Crippen LogP) is 2.73. The minimum atomic E-state index is -0.215. The first-order valence-electron chi connectivity index (χ1n) is 5.99. The first-order chi connectivity index (χ1) is 9.83. The van der Waals surface area contributed by atoms with E-state index in [4.69, 9.17) is 4.42 Å². The molecule has 6 heteroatoms. The summed E-state index contributed by atoms with van der Waals surface area (Å²) in [6.45, 7) is 0.353. The van der Waals surface area contributed by atoms with Crippen molar-refractivity contribution in [3.63, 3.8) is 0 Å². The summed E-state index contributed by atoms with van der Waals surface area (Å²) < 4.78 is 5.15. The lowest BCUT2D eigenvalue weighted by Crippen LogP contribution is -2.22. The van der Waals surface area contributed by atoms with Crippen molar-refractivity contribution in [3.8, 4) is 10.6 Å². The van der Waals surface area contributed by atoms with Gasteiger partial charge in [-0.25, -0.2) is 4.98 Å². The number of carbonyl (C=O) groups is 1. The number of nitrogens with zero attached hydrogens (tertiary/aromatic N) is 2. The smallest absolute Gasteiger partial charge is 0.271 e. The van der Waals surface area contributed by atoms with E-state index in [1.807, 2.05) is 18.2 Å². The average Bonchev–Trinajstić information content (AvgIpc) is 3.17. The van der Waals surface area contributed by atoms with Gasteiger partial charge in [-0.15, -0.1) is 11.3 Å². The molecule has 0 aliphatic carbocycles. The van der Waals surface area contributed by atoms with E-state index in [0.29, 0.717) is 18.0 Å². The molecular formula is C14H11N3O2S. The highest BCUT2D eigenvalue weighted by atomic mass is 32.1. The van der Waals surface area contributed by atoms with E-state index in [1.165, 1.54) is 11.3 Å². The minimum absolute atomic E-state index is 0.215. The third-order valence-corrected chi connectivity index (χ3v) is 3.54. The molecule has 0 radical (unpaired) electrons. The van der Waals surface area contributed by atoms with E-state index >= 15 is 0 Å². The summed E-state index contributed by atoms with van der Waals surface area (Å²) >= 11 is 1.42. The maximum atomic E-state index is 12.0. The minimum Gasteiger partial charge on any atom is -0.467 e. The number of hydrogen-bond donors (Lipinski definition) is 1. The van der Waals surface area contributed by atoms with Gasteiger partial charge in [0.15, 0.2) is 0 Å². The van der Waals surface area contributed by atoms with Crippen LogP contribution in [0.5, 0.6) is 0 Å². The van der Waals surface area contributed by atoms with E-state index < -0.39 is 0 Å². The third-order valence-electron chi connectivity index (χ3n) is 2.65. The number of amides is 1. The van der Waals surface area contributed by atoms with Crippen molar-refractivity contribution in [2.45, 2.75) is 6.54 Å². The number of rotatable bonds is 4. The molecule has 20 heavy (non-hydrogen) atoms. The number of hydrogen-bond acceptors (Lipinski definition) is 5. The maximum Gasteiger partial charge on any atom is 0.271 e. The first kappa shape index (κ1) is 12.6.